The van der Waals surface area contributed by atoms with Crippen molar-refractivity contribution >= 4 is 23.4 Å². The fourth-order valence-corrected chi connectivity index (χ4v) is 2.95. The van der Waals surface area contributed by atoms with Crippen LogP contribution in [-0.2, 0) is 0 Å². The van der Waals surface area contributed by atoms with E-state index in [0.29, 0.717) is 11.6 Å². The summed E-state index contributed by atoms with van der Waals surface area (Å²) >= 11 is 0. The van der Waals surface area contributed by atoms with Gasteiger partial charge >= 0.3 is 6.03 Å². The number of aryl methyl sites for hydroxylation is 1. The van der Waals surface area contributed by atoms with Gasteiger partial charge in [-0.3, -0.25) is 0 Å². The molecule has 1 fully saturated rings. The lowest BCUT2D eigenvalue weighted by atomic mass is 10.00. The predicted octanol–water partition coefficient (Wildman–Crippen LogP) is 3.67. The summed E-state index contributed by atoms with van der Waals surface area (Å²) in [5, 5.41) is 5.58. The Morgan fingerprint density at radius 1 is 1.19 bits per heavy atom. The molecule has 7 heteroatoms. The number of rotatable bonds is 4. The number of urea groups is 1. The maximum Gasteiger partial charge on any atom is 0.323 e. The number of methoxy groups -OCH3 is 1. The zero-order valence-electron chi connectivity index (χ0n) is 15.5. The molecule has 1 aliphatic heterocycles. The van der Waals surface area contributed by atoms with Crippen molar-refractivity contribution in [2.45, 2.75) is 26.7 Å². The number of benzene rings is 1. The molecule has 2 amide bonds. The molecule has 138 valence electrons. The summed E-state index contributed by atoms with van der Waals surface area (Å²) in [5.41, 5.74) is 2.21. The number of hydrogen-bond acceptors (Lipinski definition) is 5. The van der Waals surface area contributed by atoms with E-state index < -0.39 is 0 Å². The second-order valence-electron chi connectivity index (χ2n) is 6.70. The summed E-state index contributed by atoms with van der Waals surface area (Å²) in [6.45, 7) is 6.14. The van der Waals surface area contributed by atoms with Crippen LogP contribution < -0.4 is 20.3 Å². The third-order valence-electron chi connectivity index (χ3n) is 4.64. The van der Waals surface area contributed by atoms with Crippen molar-refractivity contribution < 1.29 is 9.53 Å². The van der Waals surface area contributed by atoms with Crippen LogP contribution in [0.1, 0.15) is 25.3 Å². The van der Waals surface area contributed by atoms with Gasteiger partial charge in [0.1, 0.15) is 5.75 Å². The zero-order chi connectivity index (χ0) is 18.5. The van der Waals surface area contributed by atoms with E-state index in [1.165, 1.54) is 0 Å². The van der Waals surface area contributed by atoms with Gasteiger partial charge in [-0.15, -0.1) is 0 Å². The van der Waals surface area contributed by atoms with E-state index >= 15 is 0 Å². The number of nitrogens with zero attached hydrogens (tertiary/aromatic N) is 3. The van der Waals surface area contributed by atoms with E-state index in [2.05, 4.69) is 32.4 Å². The number of ether oxygens (including phenoxy) is 1. The fraction of sp³-hybridized carbons (Fsp3) is 0.421. The molecule has 0 radical (unpaired) electrons. The molecule has 0 atom stereocenters. The Morgan fingerprint density at radius 2 is 1.88 bits per heavy atom. The molecule has 2 aromatic rings. The van der Waals surface area contributed by atoms with Crippen molar-refractivity contribution in [2.75, 3.05) is 35.7 Å². The highest BCUT2D eigenvalue weighted by atomic mass is 16.5. The molecule has 3 rings (SSSR count). The number of hydrogen-bond donors (Lipinski definition) is 2. The van der Waals surface area contributed by atoms with Crippen LogP contribution in [0.5, 0.6) is 5.75 Å². The Morgan fingerprint density at radius 3 is 2.50 bits per heavy atom. The largest absolute Gasteiger partial charge is 0.497 e. The minimum atomic E-state index is -0.332. The standard InChI is InChI=1S/C19H25N5O2/c1-13-6-8-24(9-7-13)18-20-11-15(12-21-18)22-19(25)23-17-5-4-16(26-3)10-14(17)2/h4-5,10-13H,6-9H2,1-3H3,(H2,22,23,25). The van der Waals surface area contributed by atoms with Crippen molar-refractivity contribution in [3.63, 3.8) is 0 Å². The molecule has 7 nitrogen and oxygen atoms in total. The molecular weight excluding hydrogens is 330 g/mol. The van der Waals surface area contributed by atoms with Crippen molar-refractivity contribution in [1.29, 1.82) is 0 Å². The van der Waals surface area contributed by atoms with E-state index in [1.807, 2.05) is 19.1 Å². The van der Waals surface area contributed by atoms with Crippen molar-refractivity contribution in [3.8, 4) is 5.75 Å². The molecule has 26 heavy (non-hydrogen) atoms. The van der Waals surface area contributed by atoms with Crippen LogP contribution in [0.4, 0.5) is 22.1 Å². The molecule has 0 unspecified atom stereocenters. The molecule has 0 spiro atoms. The molecule has 1 aromatic carbocycles. The van der Waals surface area contributed by atoms with Crippen LogP contribution in [0.15, 0.2) is 30.6 Å². The van der Waals surface area contributed by atoms with E-state index in [0.717, 1.165) is 48.8 Å². The molecular formula is C19H25N5O2. The Bertz CT molecular complexity index is 755. The van der Waals surface area contributed by atoms with Crippen molar-refractivity contribution in [3.05, 3.63) is 36.2 Å². The van der Waals surface area contributed by atoms with E-state index in [4.69, 9.17) is 4.74 Å². The van der Waals surface area contributed by atoms with E-state index in [9.17, 15) is 4.79 Å². The van der Waals surface area contributed by atoms with Gasteiger partial charge in [0.15, 0.2) is 0 Å². The molecule has 1 aliphatic rings. The average molecular weight is 355 g/mol. The van der Waals surface area contributed by atoms with Crippen molar-refractivity contribution in [1.82, 2.24) is 9.97 Å². The van der Waals surface area contributed by atoms with Gasteiger partial charge in [0.05, 0.1) is 25.2 Å². The van der Waals surface area contributed by atoms with Crippen molar-refractivity contribution in [2.24, 2.45) is 5.92 Å². The SMILES string of the molecule is COc1ccc(NC(=O)Nc2cnc(N3CCC(C)CC3)nc2)c(C)c1. The van der Waals surface area contributed by atoms with Gasteiger partial charge < -0.3 is 20.3 Å². The first-order valence-corrected chi connectivity index (χ1v) is 8.85. The highest BCUT2D eigenvalue weighted by Crippen LogP contribution is 2.22. The Labute approximate surface area is 153 Å². The monoisotopic (exact) mass is 355 g/mol. The van der Waals surface area contributed by atoms with Gasteiger partial charge in [-0.2, -0.15) is 0 Å². The number of nitrogens with one attached hydrogen (secondary N) is 2. The van der Waals surface area contributed by atoms with Crippen LogP contribution in [0.2, 0.25) is 0 Å². The van der Waals surface area contributed by atoms with Gasteiger partial charge in [0.25, 0.3) is 0 Å². The first-order valence-electron chi connectivity index (χ1n) is 8.85. The number of anilines is 3. The predicted molar refractivity (Wildman–Crippen MR) is 103 cm³/mol. The summed E-state index contributed by atoms with van der Waals surface area (Å²) in [6.07, 6.45) is 5.60. The number of aromatic nitrogens is 2. The summed E-state index contributed by atoms with van der Waals surface area (Å²) < 4.78 is 5.17. The van der Waals surface area contributed by atoms with Gasteiger partial charge in [-0.05, 0) is 49.4 Å². The minimum Gasteiger partial charge on any atom is -0.497 e. The number of piperidine rings is 1. The summed E-state index contributed by atoms with van der Waals surface area (Å²) in [6, 6.07) is 5.15. The fourth-order valence-electron chi connectivity index (χ4n) is 2.95. The maximum absolute atomic E-state index is 12.2. The maximum atomic E-state index is 12.2. The molecule has 2 N–H and O–H groups in total. The van der Waals surface area contributed by atoms with Gasteiger partial charge in [0.2, 0.25) is 5.95 Å². The van der Waals surface area contributed by atoms with Gasteiger partial charge in [-0.1, -0.05) is 6.92 Å². The van der Waals surface area contributed by atoms with E-state index in [-0.39, 0.29) is 6.03 Å². The lowest BCUT2D eigenvalue weighted by Crippen LogP contribution is -2.34. The highest BCUT2D eigenvalue weighted by Gasteiger charge is 2.17. The summed E-state index contributed by atoms with van der Waals surface area (Å²) in [4.78, 5) is 23.1. The lowest BCUT2D eigenvalue weighted by molar-refractivity contribution is 0.262. The molecule has 1 saturated heterocycles. The Hall–Kier alpha value is -2.83. The van der Waals surface area contributed by atoms with Crippen LogP contribution in [0.25, 0.3) is 0 Å². The molecule has 0 saturated carbocycles. The first kappa shape index (κ1) is 18.0. The number of amides is 2. The molecule has 0 aliphatic carbocycles. The van der Waals surface area contributed by atoms with Crippen LogP contribution in [0.3, 0.4) is 0 Å². The second kappa shape index (κ2) is 8.03. The second-order valence-corrected chi connectivity index (χ2v) is 6.70. The van der Waals surface area contributed by atoms with Gasteiger partial charge in [0, 0.05) is 18.8 Å². The Kier molecular flexibility index (Phi) is 5.55. The number of carbonyl (C=O) groups excluding carboxylic acids is 1. The molecule has 0 bridgehead atoms. The number of carbonyl (C=O) groups is 1. The molecule has 1 aromatic heterocycles. The Balaban J connectivity index is 1.57. The summed E-state index contributed by atoms with van der Waals surface area (Å²) in [5.74, 6) is 2.23. The molecule has 2 heterocycles. The average Bonchev–Trinajstić information content (AvgIpc) is 2.65. The third-order valence-corrected chi connectivity index (χ3v) is 4.64. The normalized spacial score (nSPS) is 14.8. The first-order chi connectivity index (χ1) is 12.5. The third kappa shape index (κ3) is 4.41. The van der Waals surface area contributed by atoms with Gasteiger partial charge in [-0.25, -0.2) is 14.8 Å². The highest BCUT2D eigenvalue weighted by molar-refractivity contribution is 6.00. The zero-order valence-corrected chi connectivity index (χ0v) is 15.5. The topological polar surface area (TPSA) is 79.4 Å². The van der Waals surface area contributed by atoms with Crippen LogP contribution in [0, 0.1) is 12.8 Å². The van der Waals surface area contributed by atoms with E-state index in [1.54, 1.807) is 25.6 Å². The lowest BCUT2D eigenvalue weighted by Gasteiger charge is -2.30. The van der Waals surface area contributed by atoms with Crippen LogP contribution >= 0.6 is 0 Å². The summed E-state index contributed by atoms with van der Waals surface area (Å²) in [7, 11) is 1.61. The van der Waals surface area contributed by atoms with Crippen LogP contribution in [-0.4, -0.2) is 36.2 Å². The quantitative estimate of drug-likeness (QED) is 0.875. The smallest absolute Gasteiger partial charge is 0.323 e. The minimum absolute atomic E-state index is 0.332.